The number of hydrogen-bond acceptors (Lipinski definition) is 4. The molecular formula is C19H18N2O4. The van der Waals surface area contributed by atoms with E-state index in [0.717, 1.165) is 16.5 Å². The predicted molar refractivity (Wildman–Crippen MR) is 93.8 cm³/mol. The number of H-pyrrole nitrogens is 1. The van der Waals surface area contributed by atoms with Crippen molar-refractivity contribution < 1.29 is 19.1 Å². The molecule has 1 amide bonds. The van der Waals surface area contributed by atoms with E-state index in [1.807, 2.05) is 30.3 Å². The lowest BCUT2D eigenvalue weighted by molar-refractivity contribution is 0.0597. The van der Waals surface area contributed by atoms with Crippen LogP contribution in [0.5, 0.6) is 5.75 Å². The van der Waals surface area contributed by atoms with Crippen molar-refractivity contribution in [2.75, 3.05) is 14.2 Å². The first-order chi connectivity index (χ1) is 12.1. The van der Waals surface area contributed by atoms with Gasteiger partial charge in [-0.15, -0.1) is 0 Å². The zero-order valence-electron chi connectivity index (χ0n) is 14.0. The van der Waals surface area contributed by atoms with Crippen LogP contribution in [0.25, 0.3) is 10.9 Å². The maximum atomic E-state index is 11.8. The van der Waals surface area contributed by atoms with Crippen molar-refractivity contribution in [2.24, 2.45) is 0 Å². The number of hydrogen-bond donors (Lipinski definition) is 2. The molecule has 0 aliphatic carbocycles. The van der Waals surface area contributed by atoms with Gasteiger partial charge < -0.3 is 19.8 Å². The van der Waals surface area contributed by atoms with Crippen LogP contribution in [0.3, 0.4) is 0 Å². The normalized spacial score (nSPS) is 10.5. The molecule has 0 bridgehead atoms. The van der Waals surface area contributed by atoms with Crippen LogP contribution >= 0.6 is 0 Å². The van der Waals surface area contributed by atoms with Crippen LogP contribution in [0, 0.1) is 0 Å². The fraction of sp³-hybridized carbons (Fsp3) is 0.158. The van der Waals surface area contributed by atoms with Gasteiger partial charge in [-0.2, -0.15) is 0 Å². The Morgan fingerprint density at radius 2 is 1.92 bits per heavy atom. The van der Waals surface area contributed by atoms with Crippen molar-refractivity contribution in [1.29, 1.82) is 0 Å². The lowest BCUT2D eigenvalue weighted by Gasteiger charge is -2.10. The number of nitrogens with one attached hydrogen (secondary N) is 2. The number of aromatic nitrogens is 1. The molecule has 0 atom stereocenters. The number of esters is 1. The third-order valence-corrected chi connectivity index (χ3v) is 3.88. The molecule has 0 spiro atoms. The third-order valence-electron chi connectivity index (χ3n) is 3.88. The van der Waals surface area contributed by atoms with E-state index in [9.17, 15) is 9.59 Å². The number of benzene rings is 2. The summed E-state index contributed by atoms with van der Waals surface area (Å²) in [7, 11) is 2.93. The fourth-order valence-corrected chi connectivity index (χ4v) is 2.57. The SMILES string of the molecule is CNC(=O)c1cc2ccc(OCc3ccccc3C(=O)OC)cc2[nH]1. The lowest BCUT2D eigenvalue weighted by atomic mass is 10.1. The summed E-state index contributed by atoms with van der Waals surface area (Å²) >= 11 is 0. The first kappa shape index (κ1) is 16.6. The zero-order chi connectivity index (χ0) is 17.8. The minimum Gasteiger partial charge on any atom is -0.489 e. The zero-order valence-corrected chi connectivity index (χ0v) is 14.0. The number of methoxy groups -OCH3 is 1. The number of fused-ring (bicyclic) bond motifs is 1. The average molecular weight is 338 g/mol. The van der Waals surface area contributed by atoms with Crippen molar-refractivity contribution in [2.45, 2.75) is 6.61 Å². The van der Waals surface area contributed by atoms with Gasteiger partial charge in [-0.05, 0) is 24.3 Å². The Morgan fingerprint density at radius 3 is 2.68 bits per heavy atom. The first-order valence-electron chi connectivity index (χ1n) is 7.76. The minimum atomic E-state index is -0.394. The molecule has 0 saturated heterocycles. The number of rotatable bonds is 5. The molecule has 0 saturated carbocycles. The van der Waals surface area contributed by atoms with Gasteiger partial charge in [0.25, 0.3) is 5.91 Å². The average Bonchev–Trinajstić information content (AvgIpc) is 3.08. The molecule has 0 unspecified atom stereocenters. The van der Waals surface area contributed by atoms with Crippen molar-refractivity contribution in [1.82, 2.24) is 10.3 Å². The predicted octanol–water partition coefficient (Wildman–Crippen LogP) is 2.89. The van der Waals surface area contributed by atoms with Gasteiger partial charge in [0.15, 0.2) is 0 Å². The summed E-state index contributed by atoms with van der Waals surface area (Å²) in [5, 5.41) is 3.50. The van der Waals surface area contributed by atoms with Crippen LogP contribution in [-0.4, -0.2) is 31.0 Å². The van der Waals surface area contributed by atoms with Gasteiger partial charge in [-0.25, -0.2) is 4.79 Å². The standard InChI is InChI=1S/C19H18N2O4/c1-20-18(22)17-9-12-7-8-14(10-16(12)21-17)25-11-13-5-3-4-6-15(13)19(23)24-2/h3-10,21H,11H2,1-2H3,(H,20,22). The van der Waals surface area contributed by atoms with E-state index in [2.05, 4.69) is 10.3 Å². The summed E-state index contributed by atoms with van der Waals surface area (Å²) in [5.74, 6) is 0.0670. The quantitative estimate of drug-likeness (QED) is 0.701. The molecule has 3 aromatic rings. The second kappa shape index (κ2) is 7.09. The van der Waals surface area contributed by atoms with Crippen LogP contribution in [-0.2, 0) is 11.3 Å². The van der Waals surface area contributed by atoms with Crippen LogP contribution < -0.4 is 10.1 Å². The maximum Gasteiger partial charge on any atom is 0.338 e. The molecule has 0 fully saturated rings. The van der Waals surface area contributed by atoms with Gasteiger partial charge in [-0.3, -0.25) is 4.79 Å². The van der Waals surface area contributed by atoms with Crippen molar-refractivity contribution in [3.8, 4) is 5.75 Å². The van der Waals surface area contributed by atoms with Gasteiger partial charge in [0.2, 0.25) is 0 Å². The molecule has 128 valence electrons. The van der Waals surface area contributed by atoms with Crippen molar-refractivity contribution in [3.63, 3.8) is 0 Å². The van der Waals surface area contributed by atoms with Crippen LogP contribution in [0.4, 0.5) is 0 Å². The summed E-state index contributed by atoms with van der Waals surface area (Å²) < 4.78 is 10.6. The second-order valence-corrected chi connectivity index (χ2v) is 5.45. The highest BCUT2D eigenvalue weighted by atomic mass is 16.5. The van der Waals surface area contributed by atoms with Gasteiger partial charge in [0.1, 0.15) is 18.1 Å². The molecule has 1 aromatic heterocycles. The van der Waals surface area contributed by atoms with E-state index in [-0.39, 0.29) is 12.5 Å². The van der Waals surface area contributed by atoms with E-state index in [0.29, 0.717) is 17.0 Å². The largest absolute Gasteiger partial charge is 0.489 e. The van der Waals surface area contributed by atoms with Gasteiger partial charge in [0, 0.05) is 29.6 Å². The molecule has 0 radical (unpaired) electrons. The van der Waals surface area contributed by atoms with E-state index in [4.69, 9.17) is 9.47 Å². The number of amides is 1. The minimum absolute atomic E-state index is 0.175. The fourth-order valence-electron chi connectivity index (χ4n) is 2.57. The summed E-state index contributed by atoms with van der Waals surface area (Å²) in [5.41, 5.74) is 2.52. The van der Waals surface area contributed by atoms with Crippen molar-refractivity contribution >= 4 is 22.8 Å². The Hall–Kier alpha value is -3.28. The van der Waals surface area contributed by atoms with Crippen LogP contribution in [0.15, 0.2) is 48.5 Å². The molecule has 3 rings (SSSR count). The summed E-state index contributed by atoms with van der Waals surface area (Å²) in [6, 6.07) is 14.4. The lowest BCUT2D eigenvalue weighted by Crippen LogP contribution is -2.17. The van der Waals surface area contributed by atoms with E-state index >= 15 is 0 Å². The molecule has 2 aromatic carbocycles. The summed E-state index contributed by atoms with van der Waals surface area (Å²) in [6.45, 7) is 0.236. The van der Waals surface area contributed by atoms with Crippen molar-refractivity contribution in [3.05, 3.63) is 65.4 Å². The first-order valence-corrected chi connectivity index (χ1v) is 7.76. The molecule has 0 aliphatic rings. The Morgan fingerprint density at radius 1 is 1.12 bits per heavy atom. The smallest absolute Gasteiger partial charge is 0.338 e. The van der Waals surface area contributed by atoms with Crippen LogP contribution in [0.2, 0.25) is 0 Å². The number of aromatic amines is 1. The third kappa shape index (κ3) is 3.47. The van der Waals surface area contributed by atoms with E-state index in [1.165, 1.54) is 7.11 Å². The topological polar surface area (TPSA) is 80.4 Å². The summed E-state index contributed by atoms with van der Waals surface area (Å²) in [6.07, 6.45) is 0. The van der Waals surface area contributed by atoms with E-state index in [1.54, 1.807) is 25.2 Å². The Labute approximate surface area is 144 Å². The second-order valence-electron chi connectivity index (χ2n) is 5.45. The highest BCUT2D eigenvalue weighted by molar-refractivity contribution is 5.98. The molecule has 6 heteroatoms. The monoisotopic (exact) mass is 338 g/mol. The Kier molecular flexibility index (Phi) is 4.70. The number of carbonyl (C=O) groups is 2. The van der Waals surface area contributed by atoms with Crippen LogP contribution in [0.1, 0.15) is 26.4 Å². The van der Waals surface area contributed by atoms with Gasteiger partial charge in [-0.1, -0.05) is 18.2 Å². The van der Waals surface area contributed by atoms with E-state index < -0.39 is 5.97 Å². The number of ether oxygens (including phenoxy) is 2. The molecule has 0 aliphatic heterocycles. The Bertz CT molecular complexity index is 930. The molecule has 2 N–H and O–H groups in total. The summed E-state index contributed by atoms with van der Waals surface area (Å²) in [4.78, 5) is 26.5. The molecule has 1 heterocycles. The van der Waals surface area contributed by atoms with Gasteiger partial charge in [0.05, 0.1) is 12.7 Å². The number of carbonyl (C=O) groups excluding carboxylic acids is 2. The molecule has 6 nitrogen and oxygen atoms in total. The Balaban J connectivity index is 1.80. The molecular weight excluding hydrogens is 320 g/mol. The maximum absolute atomic E-state index is 11.8. The van der Waals surface area contributed by atoms with Gasteiger partial charge >= 0.3 is 5.97 Å². The molecule has 25 heavy (non-hydrogen) atoms. The highest BCUT2D eigenvalue weighted by Gasteiger charge is 2.12. The highest BCUT2D eigenvalue weighted by Crippen LogP contribution is 2.23.